The molecule has 2 aromatic rings. The Kier molecular flexibility index (Phi) is 5.29. The Bertz CT molecular complexity index is 661. The Balaban J connectivity index is 1.95. The Morgan fingerprint density at radius 1 is 1.10 bits per heavy atom. The average molecular weight is 299 g/mol. The molecule has 0 aliphatic rings. The fourth-order valence-electron chi connectivity index (χ4n) is 1.62. The van der Waals surface area contributed by atoms with Gasteiger partial charge in [0, 0.05) is 10.6 Å². The van der Waals surface area contributed by atoms with Crippen molar-refractivity contribution in [2.24, 2.45) is 5.10 Å². The van der Waals surface area contributed by atoms with Gasteiger partial charge in [-0.25, -0.2) is 5.43 Å². The SMILES string of the molecule is CC(/C=C\c1ccccc1)=NNC(=O)c1ccc(Cl)cc1. The van der Waals surface area contributed by atoms with E-state index in [4.69, 9.17) is 11.6 Å². The molecule has 1 amide bonds. The van der Waals surface area contributed by atoms with E-state index in [-0.39, 0.29) is 5.91 Å². The lowest BCUT2D eigenvalue weighted by Gasteiger charge is -2.00. The fraction of sp³-hybridized carbons (Fsp3) is 0.0588. The number of benzene rings is 2. The van der Waals surface area contributed by atoms with Crippen LogP contribution in [0.1, 0.15) is 22.8 Å². The minimum absolute atomic E-state index is 0.265. The molecule has 0 radical (unpaired) electrons. The summed E-state index contributed by atoms with van der Waals surface area (Å²) in [4.78, 5) is 11.8. The highest BCUT2D eigenvalue weighted by atomic mass is 35.5. The van der Waals surface area contributed by atoms with Gasteiger partial charge in [0.25, 0.3) is 5.91 Å². The van der Waals surface area contributed by atoms with Gasteiger partial charge in [-0.3, -0.25) is 4.79 Å². The number of nitrogens with one attached hydrogen (secondary N) is 1. The summed E-state index contributed by atoms with van der Waals surface area (Å²) in [6.07, 6.45) is 3.78. The molecule has 0 spiro atoms. The first-order chi connectivity index (χ1) is 10.1. The van der Waals surface area contributed by atoms with E-state index in [1.807, 2.05) is 49.4 Å². The number of allylic oxidation sites excluding steroid dienone is 1. The van der Waals surface area contributed by atoms with E-state index < -0.39 is 0 Å². The Morgan fingerprint density at radius 2 is 1.76 bits per heavy atom. The summed E-state index contributed by atoms with van der Waals surface area (Å²) in [5, 5.41) is 4.63. The smallest absolute Gasteiger partial charge is 0.267 e. The first-order valence-electron chi connectivity index (χ1n) is 6.48. The fourth-order valence-corrected chi connectivity index (χ4v) is 1.75. The van der Waals surface area contributed by atoms with E-state index in [1.54, 1.807) is 24.3 Å². The van der Waals surface area contributed by atoms with Gasteiger partial charge in [0.05, 0.1) is 5.71 Å². The van der Waals surface area contributed by atoms with Gasteiger partial charge in [0.2, 0.25) is 0 Å². The van der Waals surface area contributed by atoms with E-state index in [0.717, 1.165) is 5.56 Å². The van der Waals surface area contributed by atoms with Crippen LogP contribution in [0.15, 0.2) is 65.8 Å². The molecule has 21 heavy (non-hydrogen) atoms. The normalized spacial score (nSPS) is 11.6. The van der Waals surface area contributed by atoms with Gasteiger partial charge in [0.1, 0.15) is 0 Å². The lowest BCUT2D eigenvalue weighted by atomic mass is 10.2. The lowest BCUT2D eigenvalue weighted by molar-refractivity contribution is 0.0955. The molecular formula is C17H15ClN2O. The molecule has 0 aliphatic carbocycles. The monoisotopic (exact) mass is 298 g/mol. The summed E-state index contributed by atoms with van der Waals surface area (Å²) < 4.78 is 0. The number of nitrogens with zero attached hydrogens (tertiary/aromatic N) is 1. The van der Waals surface area contributed by atoms with Crippen LogP contribution in [0.25, 0.3) is 6.08 Å². The van der Waals surface area contributed by atoms with Crippen molar-refractivity contribution >= 4 is 29.3 Å². The van der Waals surface area contributed by atoms with Crippen LogP contribution in [-0.2, 0) is 0 Å². The van der Waals surface area contributed by atoms with Gasteiger partial charge >= 0.3 is 0 Å². The molecule has 0 heterocycles. The lowest BCUT2D eigenvalue weighted by Crippen LogP contribution is -2.18. The van der Waals surface area contributed by atoms with Crippen molar-refractivity contribution in [2.75, 3.05) is 0 Å². The second-order valence-corrected chi connectivity index (χ2v) is 4.88. The van der Waals surface area contributed by atoms with Crippen molar-refractivity contribution in [3.63, 3.8) is 0 Å². The maximum Gasteiger partial charge on any atom is 0.271 e. The molecule has 0 atom stereocenters. The molecule has 0 aromatic heterocycles. The highest BCUT2D eigenvalue weighted by Gasteiger charge is 2.03. The highest BCUT2D eigenvalue weighted by molar-refractivity contribution is 6.30. The van der Waals surface area contributed by atoms with Crippen molar-refractivity contribution in [1.82, 2.24) is 5.43 Å². The van der Waals surface area contributed by atoms with Crippen molar-refractivity contribution < 1.29 is 4.79 Å². The van der Waals surface area contributed by atoms with E-state index in [9.17, 15) is 4.79 Å². The topological polar surface area (TPSA) is 41.5 Å². The van der Waals surface area contributed by atoms with Gasteiger partial charge in [-0.2, -0.15) is 5.10 Å². The first-order valence-corrected chi connectivity index (χ1v) is 6.86. The molecule has 106 valence electrons. The zero-order valence-electron chi connectivity index (χ0n) is 11.6. The number of hydrogen-bond acceptors (Lipinski definition) is 2. The molecule has 2 aromatic carbocycles. The number of halogens is 1. The molecule has 0 saturated heterocycles. The number of carbonyl (C=O) groups is 1. The second kappa shape index (κ2) is 7.41. The van der Waals surface area contributed by atoms with Gasteiger partial charge < -0.3 is 0 Å². The number of carbonyl (C=O) groups excluding carboxylic acids is 1. The number of hydrazone groups is 1. The summed E-state index contributed by atoms with van der Waals surface area (Å²) in [7, 11) is 0. The molecular weight excluding hydrogens is 284 g/mol. The quantitative estimate of drug-likeness (QED) is 0.668. The standard InChI is InChI=1S/C17H15ClN2O/c1-13(7-8-14-5-3-2-4-6-14)19-20-17(21)15-9-11-16(18)12-10-15/h2-12H,1H3,(H,20,21)/b8-7-,19-13?. The first kappa shape index (κ1) is 15.0. The Morgan fingerprint density at radius 3 is 2.43 bits per heavy atom. The molecule has 0 saturated carbocycles. The van der Waals surface area contributed by atoms with Crippen LogP contribution in [0.4, 0.5) is 0 Å². The molecule has 1 N–H and O–H groups in total. The summed E-state index contributed by atoms with van der Waals surface area (Å²) in [6, 6.07) is 16.5. The van der Waals surface area contributed by atoms with Gasteiger partial charge in [-0.1, -0.05) is 48.0 Å². The molecule has 0 unspecified atom stereocenters. The molecule has 0 aliphatic heterocycles. The van der Waals surface area contributed by atoms with Gasteiger partial charge in [0.15, 0.2) is 0 Å². The number of amides is 1. The molecule has 0 bridgehead atoms. The van der Waals surface area contributed by atoms with Gasteiger partial charge in [-0.15, -0.1) is 0 Å². The Hall–Kier alpha value is -2.39. The van der Waals surface area contributed by atoms with Crippen LogP contribution >= 0.6 is 11.6 Å². The minimum atomic E-state index is -0.265. The second-order valence-electron chi connectivity index (χ2n) is 4.45. The summed E-state index contributed by atoms with van der Waals surface area (Å²) in [5.41, 5.74) is 4.81. The number of hydrogen-bond donors (Lipinski definition) is 1. The summed E-state index contributed by atoms with van der Waals surface area (Å²) in [5.74, 6) is -0.265. The van der Waals surface area contributed by atoms with E-state index >= 15 is 0 Å². The van der Waals surface area contributed by atoms with E-state index in [1.165, 1.54) is 0 Å². The van der Waals surface area contributed by atoms with Crippen LogP contribution in [-0.4, -0.2) is 11.6 Å². The Labute approximate surface area is 129 Å². The average Bonchev–Trinajstić information content (AvgIpc) is 2.52. The van der Waals surface area contributed by atoms with E-state index in [0.29, 0.717) is 16.3 Å². The van der Waals surface area contributed by atoms with Crippen molar-refractivity contribution in [1.29, 1.82) is 0 Å². The van der Waals surface area contributed by atoms with Crippen LogP contribution in [0.2, 0.25) is 5.02 Å². The molecule has 2 rings (SSSR count). The van der Waals surface area contributed by atoms with Crippen LogP contribution < -0.4 is 5.43 Å². The van der Waals surface area contributed by atoms with Gasteiger partial charge in [-0.05, 0) is 42.8 Å². The highest BCUT2D eigenvalue weighted by Crippen LogP contribution is 2.09. The molecule has 4 heteroatoms. The zero-order chi connectivity index (χ0) is 15.1. The van der Waals surface area contributed by atoms with Crippen molar-refractivity contribution in [2.45, 2.75) is 6.92 Å². The third-order valence-electron chi connectivity index (χ3n) is 2.76. The van der Waals surface area contributed by atoms with Crippen LogP contribution in [0, 0.1) is 0 Å². The summed E-state index contributed by atoms with van der Waals surface area (Å²) in [6.45, 7) is 1.82. The largest absolute Gasteiger partial charge is 0.271 e. The maximum atomic E-state index is 11.8. The minimum Gasteiger partial charge on any atom is -0.267 e. The molecule has 0 fully saturated rings. The maximum absolute atomic E-state index is 11.8. The number of rotatable bonds is 4. The van der Waals surface area contributed by atoms with E-state index in [2.05, 4.69) is 10.5 Å². The van der Waals surface area contributed by atoms with Crippen molar-refractivity contribution in [3.05, 3.63) is 76.8 Å². The predicted octanol–water partition coefficient (Wildman–Crippen LogP) is 4.16. The van der Waals surface area contributed by atoms with Crippen LogP contribution in [0.5, 0.6) is 0 Å². The predicted molar refractivity (Wildman–Crippen MR) is 87.5 cm³/mol. The van der Waals surface area contributed by atoms with Crippen molar-refractivity contribution in [3.8, 4) is 0 Å². The zero-order valence-corrected chi connectivity index (χ0v) is 12.3. The third-order valence-corrected chi connectivity index (χ3v) is 3.01. The summed E-state index contributed by atoms with van der Waals surface area (Å²) >= 11 is 5.77. The van der Waals surface area contributed by atoms with Crippen LogP contribution in [0.3, 0.4) is 0 Å². The third kappa shape index (κ3) is 4.89. The molecule has 3 nitrogen and oxygen atoms in total.